The monoisotopic (exact) mass is 281 g/mol. The van der Waals surface area contributed by atoms with Crippen LogP contribution in [0.25, 0.3) is 0 Å². The molecule has 0 saturated heterocycles. The van der Waals surface area contributed by atoms with Gasteiger partial charge in [-0.3, -0.25) is 0 Å². The lowest BCUT2D eigenvalue weighted by atomic mass is 10.2. The Labute approximate surface area is 114 Å². The summed E-state index contributed by atoms with van der Waals surface area (Å²) < 4.78 is 10.4. The van der Waals surface area contributed by atoms with Gasteiger partial charge in [0.15, 0.2) is 5.69 Å². The maximum absolute atomic E-state index is 10.9. The molecule has 0 aliphatic rings. The van der Waals surface area contributed by atoms with Crippen molar-refractivity contribution in [2.75, 3.05) is 0 Å². The number of ether oxygens (including phenoxy) is 1. The molecule has 0 radical (unpaired) electrons. The van der Waals surface area contributed by atoms with Crippen LogP contribution in [0.3, 0.4) is 0 Å². The molecule has 0 bridgehead atoms. The summed E-state index contributed by atoms with van der Waals surface area (Å²) in [4.78, 5) is 10.9. The Morgan fingerprint density at radius 1 is 1.47 bits per heavy atom. The van der Waals surface area contributed by atoms with Gasteiger partial charge < -0.3 is 14.4 Å². The Morgan fingerprint density at radius 2 is 2.21 bits per heavy atom. The van der Waals surface area contributed by atoms with Crippen LogP contribution >= 0.6 is 11.6 Å². The molecular weight excluding hydrogens is 270 g/mol. The van der Waals surface area contributed by atoms with E-state index in [0.717, 1.165) is 5.56 Å². The summed E-state index contributed by atoms with van der Waals surface area (Å²) in [5.41, 5.74) is 1.20. The molecule has 19 heavy (non-hydrogen) atoms. The van der Waals surface area contributed by atoms with E-state index in [0.29, 0.717) is 22.1 Å². The van der Waals surface area contributed by atoms with Crippen molar-refractivity contribution in [2.24, 2.45) is 0 Å². The van der Waals surface area contributed by atoms with E-state index >= 15 is 0 Å². The van der Waals surface area contributed by atoms with Crippen LogP contribution < -0.4 is 4.74 Å². The maximum atomic E-state index is 10.9. The van der Waals surface area contributed by atoms with Gasteiger partial charge in [-0.05, 0) is 37.6 Å². The second kappa shape index (κ2) is 5.32. The zero-order valence-electron chi connectivity index (χ0n) is 10.4. The Hall–Kier alpha value is -2.01. The number of carbonyl (C=O) groups is 1. The van der Waals surface area contributed by atoms with Crippen molar-refractivity contribution in [1.29, 1.82) is 0 Å². The second-order valence-corrected chi connectivity index (χ2v) is 4.48. The topological polar surface area (TPSA) is 72.6 Å². The van der Waals surface area contributed by atoms with Crippen molar-refractivity contribution in [2.45, 2.75) is 20.5 Å². The number of nitrogens with zero attached hydrogens (tertiary/aromatic N) is 1. The normalized spacial score (nSPS) is 10.5. The van der Waals surface area contributed by atoms with Crippen LogP contribution in [-0.2, 0) is 6.61 Å². The first-order chi connectivity index (χ1) is 8.99. The quantitative estimate of drug-likeness (QED) is 0.931. The Morgan fingerprint density at radius 3 is 2.84 bits per heavy atom. The van der Waals surface area contributed by atoms with E-state index < -0.39 is 5.97 Å². The molecule has 0 aliphatic carbocycles. The third-order valence-electron chi connectivity index (χ3n) is 2.70. The van der Waals surface area contributed by atoms with Crippen molar-refractivity contribution < 1.29 is 19.2 Å². The maximum Gasteiger partial charge on any atom is 0.358 e. The molecule has 0 amide bonds. The first kappa shape index (κ1) is 13.4. The molecule has 100 valence electrons. The number of aryl methyl sites for hydroxylation is 2. The van der Waals surface area contributed by atoms with Crippen LogP contribution in [0.15, 0.2) is 22.7 Å². The van der Waals surface area contributed by atoms with E-state index in [1.54, 1.807) is 25.1 Å². The minimum atomic E-state index is -1.14. The number of benzene rings is 1. The average Bonchev–Trinajstić information content (AvgIpc) is 2.72. The molecule has 0 saturated carbocycles. The number of aromatic nitrogens is 1. The highest BCUT2D eigenvalue weighted by Crippen LogP contribution is 2.23. The van der Waals surface area contributed by atoms with Crippen LogP contribution in [0.2, 0.25) is 5.02 Å². The molecule has 2 rings (SSSR count). The SMILES string of the molecule is Cc1cc(OCc2c(C(=O)O)noc2C)ccc1Cl. The zero-order chi connectivity index (χ0) is 14.0. The van der Waals surface area contributed by atoms with Gasteiger partial charge in [0.05, 0.1) is 5.56 Å². The molecule has 0 atom stereocenters. The van der Waals surface area contributed by atoms with Crippen LogP contribution in [0.1, 0.15) is 27.4 Å². The average molecular weight is 282 g/mol. The third-order valence-corrected chi connectivity index (χ3v) is 3.12. The minimum absolute atomic E-state index is 0.0814. The van der Waals surface area contributed by atoms with Crippen LogP contribution in [-0.4, -0.2) is 16.2 Å². The second-order valence-electron chi connectivity index (χ2n) is 4.07. The molecule has 6 heteroatoms. The van der Waals surface area contributed by atoms with Crippen molar-refractivity contribution in [3.8, 4) is 5.75 Å². The van der Waals surface area contributed by atoms with E-state index in [1.807, 2.05) is 6.92 Å². The van der Waals surface area contributed by atoms with Crippen LogP contribution in [0.4, 0.5) is 0 Å². The molecule has 1 aromatic carbocycles. The summed E-state index contributed by atoms with van der Waals surface area (Å²) in [5.74, 6) is -0.0929. The number of rotatable bonds is 4. The van der Waals surface area contributed by atoms with Crippen LogP contribution in [0, 0.1) is 13.8 Å². The summed E-state index contributed by atoms with van der Waals surface area (Å²) in [6, 6.07) is 5.23. The van der Waals surface area contributed by atoms with Gasteiger partial charge >= 0.3 is 5.97 Å². The van der Waals surface area contributed by atoms with Gasteiger partial charge in [-0.2, -0.15) is 0 Å². The lowest BCUT2D eigenvalue weighted by molar-refractivity contribution is 0.0683. The summed E-state index contributed by atoms with van der Waals surface area (Å²) in [7, 11) is 0. The van der Waals surface area contributed by atoms with Gasteiger partial charge in [0.1, 0.15) is 18.1 Å². The summed E-state index contributed by atoms with van der Waals surface area (Å²) in [5, 5.41) is 13.1. The highest BCUT2D eigenvalue weighted by atomic mass is 35.5. The molecule has 2 aromatic rings. The first-order valence-electron chi connectivity index (χ1n) is 5.56. The molecular formula is C13H12ClNO4. The van der Waals surface area contributed by atoms with Crippen molar-refractivity contribution in [1.82, 2.24) is 5.16 Å². The predicted molar refractivity (Wildman–Crippen MR) is 68.7 cm³/mol. The Kier molecular flexibility index (Phi) is 3.76. The van der Waals surface area contributed by atoms with Crippen molar-refractivity contribution in [3.05, 3.63) is 45.8 Å². The van der Waals surface area contributed by atoms with Gasteiger partial charge in [0.25, 0.3) is 0 Å². The third kappa shape index (κ3) is 2.88. The van der Waals surface area contributed by atoms with Gasteiger partial charge in [0, 0.05) is 5.02 Å². The fourth-order valence-corrected chi connectivity index (χ4v) is 1.71. The smallest absolute Gasteiger partial charge is 0.358 e. The highest BCUT2D eigenvalue weighted by molar-refractivity contribution is 6.31. The number of hydrogen-bond acceptors (Lipinski definition) is 4. The Bertz CT molecular complexity index is 621. The van der Waals surface area contributed by atoms with E-state index in [1.165, 1.54) is 0 Å². The van der Waals surface area contributed by atoms with Gasteiger partial charge in [0.2, 0.25) is 0 Å². The molecule has 1 aromatic heterocycles. The fraction of sp³-hybridized carbons (Fsp3) is 0.231. The number of halogens is 1. The minimum Gasteiger partial charge on any atom is -0.489 e. The van der Waals surface area contributed by atoms with Gasteiger partial charge in [-0.1, -0.05) is 16.8 Å². The Balaban J connectivity index is 2.16. The summed E-state index contributed by atoms with van der Waals surface area (Å²) in [6.07, 6.45) is 0. The predicted octanol–water partition coefficient (Wildman–Crippen LogP) is 3.22. The van der Waals surface area contributed by atoms with Gasteiger partial charge in [-0.15, -0.1) is 0 Å². The van der Waals surface area contributed by atoms with E-state index in [-0.39, 0.29) is 12.3 Å². The molecule has 0 fully saturated rings. The van der Waals surface area contributed by atoms with Gasteiger partial charge in [-0.25, -0.2) is 4.79 Å². The molecule has 0 aliphatic heterocycles. The lowest BCUT2D eigenvalue weighted by Crippen LogP contribution is -2.05. The molecule has 0 spiro atoms. The van der Waals surface area contributed by atoms with E-state index in [9.17, 15) is 4.79 Å². The summed E-state index contributed by atoms with van der Waals surface area (Å²) >= 11 is 5.91. The van der Waals surface area contributed by atoms with E-state index in [4.69, 9.17) is 26.0 Å². The highest BCUT2D eigenvalue weighted by Gasteiger charge is 2.19. The number of hydrogen-bond donors (Lipinski definition) is 1. The zero-order valence-corrected chi connectivity index (χ0v) is 11.2. The number of aromatic carboxylic acids is 1. The lowest BCUT2D eigenvalue weighted by Gasteiger charge is -2.07. The standard InChI is InChI=1S/C13H12ClNO4/c1-7-5-9(3-4-11(7)14)18-6-10-8(2)19-15-12(10)13(16)17/h3-5H,6H2,1-2H3,(H,16,17). The fourth-order valence-electron chi connectivity index (χ4n) is 1.59. The number of carboxylic acids is 1. The summed E-state index contributed by atoms with van der Waals surface area (Å²) in [6.45, 7) is 3.59. The molecule has 1 N–H and O–H groups in total. The van der Waals surface area contributed by atoms with Crippen molar-refractivity contribution >= 4 is 17.6 Å². The molecule has 1 heterocycles. The molecule has 0 unspecified atom stereocenters. The van der Waals surface area contributed by atoms with E-state index in [2.05, 4.69) is 5.16 Å². The van der Waals surface area contributed by atoms with Crippen molar-refractivity contribution in [3.63, 3.8) is 0 Å². The van der Waals surface area contributed by atoms with Crippen LogP contribution in [0.5, 0.6) is 5.75 Å². The molecule has 5 nitrogen and oxygen atoms in total. The first-order valence-corrected chi connectivity index (χ1v) is 5.94. The largest absolute Gasteiger partial charge is 0.489 e. The number of carboxylic acid groups (broad SMARTS) is 1.